The average Bonchev–Trinajstić information content (AvgIpc) is 2.70. The van der Waals surface area contributed by atoms with Crippen molar-refractivity contribution in [3.05, 3.63) is 16.0 Å². The summed E-state index contributed by atoms with van der Waals surface area (Å²) in [7, 11) is 0. The standard InChI is InChI=1S/C13H15NO3S/c1-6-5-8(6)11(15)14-12-10(13(16)17)7-3-2-4-9(7)18-12/h6,8H,2-5H2,1H3,(H,14,15)(H,16,17)/p-1/t6-,8+/m1/s1. The summed E-state index contributed by atoms with van der Waals surface area (Å²) in [6, 6.07) is 0. The van der Waals surface area contributed by atoms with Crippen molar-refractivity contribution in [2.24, 2.45) is 11.8 Å². The monoisotopic (exact) mass is 264 g/mol. The number of aryl methyl sites for hydroxylation is 1. The summed E-state index contributed by atoms with van der Waals surface area (Å²) in [5.74, 6) is -0.752. The zero-order chi connectivity index (χ0) is 12.9. The van der Waals surface area contributed by atoms with E-state index >= 15 is 0 Å². The number of anilines is 1. The van der Waals surface area contributed by atoms with E-state index in [9.17, 15) is 14.7 Å². The van der Waals surface area contributed by atoms with E-state index in [1.54, 1.807) is 0 Å². The largest absolute Gasteiger partial charge is 0.545 e. The lowest BCUT2D eigenvalue weighted by Gasteiger charge is -2.08. The number of aromatic carboxylic acids is 1. The van der Waals surface area contributed by atoms with Crippen molar-refractivity contribution in [1.29, 1.82) is 0 Å². The molecule has 4 nitrogen and oxygen atoms in total. The van der Waals surface area contributed by atoms with Crippen LogP contribution in [0.2, 0.25) is 0 Å². The Morgan fingerprint density at radius 1 is 1.39 bits per heavy atom. The Hall–Kier alpha value is -1.36. The second-order valence-corrected chi connectivity index (χ2v) is 6.26. The third-order valence-corrected chi connectivity index (χ3v) is 5.02. The molecule has 1 fully saturated rings. The number of amides is 1. The van der Waals surface area contributed by atoms with Crippen LogP contribution in [0.5, 0.6) is 0 Å². The fourth-order valence-electron chi connectivity index (χ4n) is 2.60. The topological polar surface area (TPSA) is 69.2 Å². The molecule has 3 rings (SSSR count). The fourth-order valence-corrected chi connectivity index (χ4v) is 3.88. The van der Waals surface area contributed by atoms with Crippen molar-refractivity contribution in [3.63, 3.8) is 0 Å². The molecule has 1 heterocycles. The number of hydrogen-bond acceptors (Lipinski definition) is 4. The zero-order valence-electron chi connectivity index (χ0n) is 10.1. The molecule has 1 saturated carbocycles. The predicted molar refractivity (Wildman–Crippen MR) is 66.6 cm³/mol. The number of carbonyl (C=O) groups excluding carboxylic acids is 2. The van der Waals surface area contributed by atoms with Gasteiger partial charge in [-0.05, 0) is 37.2 Å². The van der Waals surface area contributed by atoms with Crippen molar-refractivity contribution in [3.8, 4) is 0 Å². The van der Waals surface area contributed by atoms with Gasteiger partial charge in [-0.25, -0.2) is 0 Å². The van der Waals surface area contributed by atoms with Gasteiger partial charge >= 0.3 is 0 Å². The third kappa shape index (κ3) is 1.82. The van der Waals surface area contributed by atoms with Crippen LogP contribution >= 0.6 is 11.3 Å². The Kier molecular flexibility index (Phi) is 2.66. The van der Waals surface area contributed by atoms with E-state index in [2.05, 4.69) is 5.32 Å². The molecular formula is C13H14NO3S-. The summed E-state index contributed by atoms with van der Waals surface area (Å²) in [6.07, 6.45) is 3.59. The molecule has 0 aliphatic heterocycles. The van der Waals surface area contributed by atoms with Gasteiger partial charge in [0.05, 0.1) is 5.97 Å². The highest BCUT2D eigenvalue weighted by atomic mass is 32.1. The van der Waals surface area contributed by atoms with Gasteiger partial charge in [0.2, 0.25) is 5.91 Å². The first-order valence-corrected chi connectivity index (χ1v) is 7.06. The van der Waals surface area contributed by atoms with E-state index < -0.39 is 5.97 Å². The second-order valence-electron chi connectivity index (χ2n) is 5.16. The van der Waals surface area contributed by atoms with E-state index in [-0.39, 0.29) is 17.4 Å². The quantitative estimate of drug-likeness (QED) is 0.891. The predicted octanol–water partition coefficient (Wildman–Crippen LogP) is 1.19. The van der Waals surface area contributed by atoms with Gasteiger partial charge in [0.15, 0.2) is 0 Å². The maximum Gasteiger partial charge on any atom is 0.228 e. The van der Waals surface area contributed by atoms with Crippen LogP contribution in [-0.2, 0) is 17.6 Å². The summed E-state index contributed by atoms with van der Waals surface area (Å²) in [5.41, 5.74) is 1.09. The van der Waals surface area contributed by atoms with Crippen LogP contribution in [0.25, 0.3) is 0 Å². The van der Waals surface area contributed by atoms with E-state index in [4.69, 9.17) is 0 Å². The summed E-state index contributed by atoms with van der Waals surface area (Å²) >= 11 is 1.40. The number of fused-ring (bicyclic) bond motifs is 1. The molecule has 18 heavy (non-hydrogen) atoms. The smallest absolute Gasteiger partial charge is 0.228 e. The van der Waals surface area contributed by atoms with Crippen LogP contribution in [0.1, 0.15) is 40.6 Å². The Balaban J connectivity index is 1.87. The number of nitrogens with one attached hydrogen (secondary N) is 1. The van der Waals surface area contributed by atoms with Gasteiger partial charge in [-0.15, -0.1) is 11.3 Å². The van der Waals surface area contributed by atoms with Gasteiger partial charge < -0.3 is 15.2 Å². The van der Waals surface area contributed by atoms with Crippen molar-refractivity contribution in [1.82, 2.24) is 0 Å². The fraction of sp³-hybridized carbons (Fsp3) is 0.538. The molecule has 0 bridgehead atoms. The van der Waals surface area contributed by atoms with Crippen LogP contribution in [0.3, 0.4) is 0 Å². The minimum atomic E-state index is -1.17. The van der Waals surface area contributed by atoms with Crippen LogP contribution in [0, 0.1) is 11.8 Å². The number of hydrogen-bond donors (Lipinski definition) is 1. The molecule has 2 atom stereocenters. The van der Waals surface area contributed by atoms with Gasteiger partial charge in [-0.3, -0.25) is 4.79 Å². The van der Waals surface area contributed by atoms with Gasteiger partial charge in [-0.2, -0.15) is 0 Å². The molecule has 1 aromatic rings. The highest BCUT2D eigenvalue weighted by molar-refractivity contribution is 7.17. The molecule has 1 aromatic heterocycles. The molecule has 0 unspecified atom stereocenters. The lowest BCUT2D eigenvalue weighted by atomic mass is 10.1. The SMILES string of the molecule is C[C@@H]1C[C@@H]1C(=O)Nc1sc2c(c1C(=O)[O-])CCC2. The van der Waals surface area contributed by atoms with Crippen molar-refractivity contribution >= 4 is 28.2 Å². The maximum atomic E-state index is 11.9. The number of carboxylic acids is 1. The highest BCUT2D eigenvalue weighted by Gasteiger charge is 2.39. The Labute approximate surface area is 109 Å². The zero-order valence-corrected chi connectivity index (χ0v) is 10.9. The van der Waals surface area contributed by atoms with E-state index in [0.29, 0.717) is 10.9 Å². The molecule has 1 N–H and O–H groups in total. The number of carbonyl (C=O) groups is 2. The Morgan fingerprint density at radius 3 is 2.72 bits per heavy atom. The van der Waals surface area contributed by atoms with Crippen LogP contribution in [0.4, 0.5) is 5.00 Å². The third-order valence-electron chi connectivity index (χ3n) is 3.81. The molecular weight excluding hydrogens is 250 g/mol. The van der Waals surface area contributed by atoms with Crippen LogP contribution in [-0.4, -0.2) is 11.9 Å². The molecule has 5 heteroatoms. The first-order valence-electron chi connectivity index (χ1n) is 6.24. The van der Waals surface area contributed by atoms with Gasteiger partial charge in [0.1, 0.15) is 5.00 Å². The molecule has 1 amide bonds. The normalized spacial score (nSPS) is 24.7. The minimum Gasteiger partial charge on any atom is -0.545 e. The van der Waals surface area contributed by atoms with Crippen LogP contribution in [0.15, 0.2) is 0 Å². The van der Waals surface area contributed by atoms with Gasteiger partial charge in [0.25, 0.3) is 0 Å². The van der Waals surface area contributed by atoms with Gasteiger partial charge in [-0.1, -0.05) is 6.92 Å². The molecule has 0 aromatic carbocycles. The number of thiophene rings is 1. The van der Waals surface area contributed by atoms with E-state index in [0.717, 1.165) is 36.1 Å². The first kappa shape index (κ1) is 11.7. The van der Waals surface area contributed by atoms with E-state index in [1.165, 1.54) is 11.3 Å². The number of rotatable bonds is 3. The molecule has 0 radical (unpaired) electrons. The summed E-state index contributed by atoms with van der Waals surface area (Å²) < 4.78 is 0. The molecule has 0 spiro atoms. The molecule has 2 aliphatic carbocycles. The second kappa shape index (κ2) is 4.09. The first-order chi connectivity index (χ1) is 8.58. The molecule has 96 valence electrons. The maximum absolute atomic E-state index is 11.9. The Morgan fingerprint density at radius 2 is 2.11 bits per heavy atom. The summed E-state index contributed by atoms with van der Waals surface area (Å²) in [5, 5.41) is 14.5. The van der Waals surface area contributed by atoms with E-state index in [1.807, 2.05) is 6.92 Å². The van der Waals surface area contributed by atoms with Crippen molar-refractivity contribution in [2.75, 3.05) is 5.32 Å². The molecule has 0 saturated heterocycles. The van der Waals surface area contributed by atoms with Gasteiger partial charge in [0, 0.05) is 16.4 Å². The van der Waals surface area contributed by atoms with Crippen molar-refractivity contribution in [2.45, 2.75) is 32.6 Å². The van der Waals surface area contributed by atoms with Crippen LogP contribution < -0.4 is 10.4 Å². The highest BCUT2D eigenvalue weighted by Crippen LogP contribution is 2.42. The Bertz CT molecular complexity index is 535. The average molecular weight is 264 g/mol. The van der Waals surface area contributed by atoms with Crippen molar-refractivity contribution < 1.29 is 14.7 Å². The number of carboxylic acid groups (broad SMARTS) is 1. The minimum absolute atomic E-state index is 0.0510. The lowest BCUT2D eigenvalue weighted by molar-refractivity contribution is -0.254. The molecule has 2 aliphatic rings. The lowest BCUT2D eigenvalue weighted by Crippen LogP contribution is -2.25. The summed E-state index contributed by atoms with van der Waals surface area (Å²) in [6.45, 7) is 2.03. The summed E-state index contributed by atoms with van der Waals surface area (Å²) in [4.78, 5) is 24.2.